The molecule has 3 aromatic carbocycles. The molecule has 4 nitrogen and oxygen atoms in total. The summed E-state index contributed by atoms with van der Waals surface area (Å²) in [4.78, 5) is 41.7. The van der Waals surface area contributed by atoms with Crippen LogP contribution in [0.25, 0.3) is 0 Å². The molecule has 2 atom stereocenters. The minimum absolute atomic E-state index is 0.212. The summed E-state index contributed by atoms with van der Waals surface area (Å²) in [6, 6.07) is 23.0. The molecule has 4 heteroatoms. The Morgan fingerprint density at radius 2 is 1.47 bits per heavy atom. The molecule has 2 amide bonds. The summed E-state index contributed by atoms with van der Waals surface area (Å²) in [6.07, 6.45) is 0.905. The van der Waals surface area contributed by atoms with E-state index in [1.54, 1.807) is 6.07 Å². The van der Waals surface area contributed by atoms with Gasteiger partial charge in [-0.25, -0.2) is 4.90 Å². The number of aryl methyl sites for hydroxylation is 1. The molecule has 7 rings (SSSR count). The standard InChI is InChI=1S/C26H19NO3/c1-15-7-6-8-16(13-15)27-24(29)22-21-17-9-2-4-11-19(17)26(14-28,23(22)25(27)30)20-12-5-3-10-18(20)21/h2-14,21-23H,1H3/t21?,22-,23+,26?/m1/s1. The normalized spacial score (nSPS) is 28.2. The number of aldehydes is 1. The van der Waals surface area contributed by atoms with E-state index in [9.17, 15) is 14.4 Å². The van der Waals surface area contributed by atoms with Crippen LogP contribution in [0.2, 0.25) is 0 Å². The molecular weight excluding hydrogens is 374 g/mol. The molecule has 146 valence electrons. The third-order valence-electron chi connectivity index (χ3n) is 7.13. The van der Waals surface area contributed by atoms with Crippen molar-refractivity contribution < 1.29 is 14.4 Å². The number of amides is 2. The van der Waals surface area contributed by atoms with E-state index in [2.05, 4.69) is 0 Å². The van der Waals surface area contributed by atoms with Crippen molar-refractivity contribution in [2.24, 2.45) is 11.8 Å². The number of imide groups is 1. The van der Waals surface area contributed by atoms with Gasteiger partial charge in [0.05, 0.1) is 22.9 Å². The molecular formula is C26H19NO3. The van der Waals surface area contributed by atoms with E-state index in [1.165, 1.54) is 4.90 Å². The van der Waals surface area contributed by atoms with E-state index < -0.39 is 17.3 Å². The van der Waals surface area contributed by atoms with Crippen LogP contribution in [0.15, 0.2) is 72.8 Å². The second kappa shape index (κ2) is 5.76. The summed E-state index contributed by atoms with van der Waals surface area (Å²) in [7, 11) is 0. The lowest BCUT2D eigenvalue weighted by Crippen LogP contribution is -2.54. The average Bonchev–Trinajstić information content (AvgIpc) is 3.05. The number of hydrogen-bond acceptors (Lipinski definition) is 3. The number of anilines is 1. The maximum Gasteiger partial charge on any atom is 0.239 e. The van der Waals surface area contributed by atoms with E-state index in [1.807, 2.05) is 73.7 Å². The Balaban J connectivity index is 1.66. The molecule has 3 aromatic rings. The second-order valence-corrected chi connectivity index (χ2v) is 8.49. The summed E-state index contributed by atoms with van der Waals surface area (Å²) in [5.74, 6) is -2.02. The van der Waals surface area contributed by atoms with E-state index in [0.717, 1.165) is 34.1 Å². The van der Waals surface area contributed by atoms with Gasteiger partial charge in [0.1, 0.15) is 6.29 Å². The molecule has 0 unspecified atom stereocenters. The number of nitrogens with zero attached hydrogens (tertiary/aromatic N) is 1. The van der Waals surface area contributed by atoms with Crippen molar-refractivity contribution in [2.75, 3.05) is 4.90 Å². The highest BCUT2D eigenvalue weighted by Gasteiger charge is 2.68. The van der Waals surface area contributed by atoms with Crippen LogP contribution in [0.3, 0.4) is 0 Å². The van der Waals surface area contributed by atoms with Gasteiger partial charge in [-0.15, -0.1) is 0 Å². The van der Waals surface area contributed by atoms with Crippen molar-refractivity contribution in [3.8, 4) is 0 Å². The quantitative estimate of drug-likeness (QED) is 0.492. The number of hydrogen-bond donors (Lipinski definition) is 0. The van der Waals surface area contributed by atoms with Crippen molar-refractivity contribution in [1.29, 1.82) is 0 Å². The lowest BCUT2D eigenvalue weighted by atomic mass is 9.48. The lowest BCUT2D eigenvalue weighted by molar-refractivity contribution is -0.128. The minimum atomic E-state index is -1.14. The van der Waals surface area contributed by atoms with Crippen molar-refractivity contribution in [1.82, 2.24) is 0 Å². The van der Waals surface area contributed by atoms with Gasteiger partial charge in [-0.1, -0.05) is 60.7 Å². The van der Waals surface area contributed by atoms with E-state index in [0.29, 0.717) is 5.69 Å². The molecule has 1 heterocycles. The fourth-order valence-corrected chi connectivity index (χ4v) is 6.05. The van der Waals surface area contributed by atoms with Crippen molar-refractivity contribution in [3.05, 3.63) is 101 Å². The first kappa shape index (κ1) is 17.3. The highest BCUT2D eigenvalue weighted by atomic mass is 16.2. The van der Waals surface area contributed by atoms with Crippen LogP contribution in [-0.2, 0) is 19.8 Å². The van der Waals surface area contributed by atoms with Gasteiger partial charge in [0.2, 0.25) is 11.8 Å². The Morgan fingerprint density at radius 3 is 2.07 bits per heavy atom. The molecule has 1 fully saturated rings. The highest BCUT2D eigenvalue weighted by molar-refractivity contribution is 6.24. The van der Waals surface area contributed by atoms with Gasteiger partial charge in [0.15, 0.2) is 0 Å². The Morgan fingerprint density at radius 1 is 0.833 bits per heavy atom. The molecule has 1 aliphatic heterocycles. The first-order valence-electron chi connectivity index (χ1n) is 10.2. The summed E-state index contributed by atoms with van der Waals surface area (Å²) >= 11 is 0. The maximum absolute atomic E-state index is 13.8. The average molecular weight is 393 g/mol. The monoisotopic (exact) mass is 393 g/mol. The largest absolute Gasteiger partial charge is 0.302 e. The molecule has 0 N–H and O–H groups in total. The smallest absolute Gasteiger partial charge is 0.239 e. The summed E-state index contributed by atoms with van der Waals surface area (Å²) in [5, 5.41) is 0. The zero-order valence-electron chi connectivity index (χ0n) is 16.4. The predicted molar refractivity (Wildman–Crippen MR) is 112 cm³/mol. The van der Waals surface area contributed by atoms with Crippen LogP contribution >= 0.6 is 0 Å². The van der Waals surface area contributed by atoms with Gasteiger partial charge in [-0.05, 0) is 46.9 Å². The predicted octanol–water partition coefficient (Wildman–Crippen LogP) is 3.74. The molecule has 4 aliphatic rings. The fourth-order valence-electron chi connectivity index (χ4n) is 6.05. The minimum Gasteiger partial charge on any atom is -0.302 e. The molecule has 2 bridgehead atoms. The molecule has 1 saturated heterocycles. The molecule has 30 heavy (non-hydrogen) atoms. The number of carbonyl (C=O) groups excluding carboxylic acids is 3. The van der Waals surface area contributed by atoms with E-state index in [-0.39, 0.29) is 17.7 Å². The van der Waals surface area contributed by atoms with Gasteiger partial charge >= 0.3 is 0 Å². The van der Waals surface area contributed by atoms with Gasteiger partial charge in [-0.2, -0.15) is 0 Å². The first-order valence-corrected chi connectivity index (χ1v) is 10.2. The Bertz CT molecular complexity index is 1210. The summed E-state index contributed by atoms with van der Waals surface area (Å²) in [6.45, 7) is 1.93. The topological polar surface area (TPSA) is 54.5 Å². The molecule has 0 radical (unpaired) electrons. The van der Waals surface area contributed by atoms with Crippen molar-refractivity contribution in [2.45, 2.75) is 18.3 Å². The zero-order chi connectivity index (χ0) is 20.6. The van der Waals surface area contributed by atoms with Gasteiger partial charge < -0.3 is 4.79 Å². The van der Waals surface area contributed by atoms with Gasteiger partial charge in [0, 0.05) is 5.92 Å². The summed E-state index contributed by atoms with van der Waals surface area (Å²) in [5.41, 5.74) is 4.09. The second-order valence-electron chi connectivity index (χ2n) is 8.49. The SMILES string of the molecule is Cc1cccc(N2C(=O)[C@@H]3C4c5ccccc5C(C=O)(c5ccccc54)[C@@H]3C2=O)c1. The number of carbonyl (C=O) groups is 3. The number of benzene rings is 3. The van der Waals surface area contributed by atoms with Crippen LogP contribution in [0, 0.1) is 18.8 Å². The maximum atomic E-state index is 13.8. The van der Waals surface area contributed by atoms with Crippen LogP contribution in [-0.4, -0.2) is 18.1 Å². The third-order valence-corrected chi connectivity index (χ3v) is 7.13. The Labute approximate surface area is 174 Å². The van der Waals surface area contributed by atoms with Crippen molar-refractivity contribution in [3.63, 3.8) is 0 Å². The first-order chi connectivity index (χ1) is 14.6. The lowest BCUT2D eigenvalue weighted by Gasteiger charge is -2.51. The fraction of sp³-hybridized carbons (Fsp3) is 0.192. The Kier molecular flexibility index (Phi) is 3.33. The van der Waals surface area contributed by atoms with E-state index >= 15 is 0 Å². The van der Waals surface area contributed by atoms with Gasteiger partial charge in [0.25, 0.3) is 0 Å². The number of rotatable bonds is 2. The highest BCUT2D eigenvalue weighted by Crippen LogP contribution is 2.63. The van der Waals surface area contributed by atoms with Gasteiger partial charge in [-0.3, -0.25) is 9.59 Å². The summed E-state index contributed by atoms with van der Waals surface area (Å²) < 4.78 is 0. The third kappa shape index (κ3) is 1.85. The Hall–Kier alpha value is -3.53. The van der Waals surface area contributed by atoms with Crippen LogP contribution in [0.1, 0.15) is 33.7 Å². The zero-order valence-corrected chi connectivity index (χ0v) is 16.4. The molecule has 0 spiro atoms. The van der Waals surface area contributed by atoms with Crippen LogP contribution in [0.5, 0.6) is 0 Å². The van der Waals surface area contributed by atoms with E-state index in [4.69, 9.17) is 0 Å². The van der Waals surface area contributed by atoms with Crippen molar-refractivity contribution >= 4 is 23.8 Å². The molecule has 3 aliphatic carbocycles. The van der Waals surface area contributed by atoms with Crippen LogP contribution in [0.4, 0.5) is 5.69 Å². The molecule has 0 saturated carbocycles. The molecule has 0 aromatic heterocycles. The van der Waals surface area contributed by atoms with Crippen LogP contribution < -0.4 is 4.90 Å².